The molecule has 8 heteroatoms. The number of nitrogens with zero attached hydrogens (tertiary/aromatic N) is 6. The Morgan fingerprint density at radius 3 is 0.869 bits per heavy atom. The standard InChI is InChI=1S/C40H60N2.C27H34N2.2C12H25.2C4H10N.2Ni/c1-3-5-7-9-11-13-15-17-19-21-25-35-27-23-29-37(33-35)39-31-32-40(42(39)41)38-30-24-28-36(34-38)26-22-20-18-16-14-12-10-8-6-4-2;1-5-7-9-17-25-24(16-8-6-2)26(22-14-10-12-20(3)18-22)29(28)27(25)23-15-11-13-21(4)19-23;2*1-3-5-7-9-11-12-10-8-6-4-2;2*1-3-5-4-2;;/h23-24,27-34H,3-22,25-26H2,1-2H3;10-15,18-19H,5-9,16-17H2,1-4H3;2*1,3-12H2,2H3;2*3-4H2,1-2H3;;/q;;;;2*-1;;+2. The van der Waals surface area contributed by atoms with E-state index in [1.807, 2.05) is 14.4 Å². The summed E-state index contributed by atoms with van der Waals surface area (Å²) in [6.45, 7) is 31.2. The second-order valence-electron chi connectivity index (χ2n) is 31.0. The second kappa shape index (κ2) is 66.5. The van der Waals surface area contributed by atoms with Crippen LogP contribution in [0.25, 0.3) is 33.9 Å². The van der Waals surface area contributed by atoms with Gasteiger partial charge in [0.2, 0.25) is 22.8 Å². The van der Waals surface area contributed by atoms with Crippen molar-refractivity contribution in [3.8, 4) is 0 Å². The van der Waals surface area contributed by atoms with E-state index in [0.29, 0.717) is 0 Å². The molecule has 6 nitrogen and oxygen atoms in total. The average Bonchev–Trinajstić information content (AvgIpc) is 1.61. The van der Waals surface area contributed by atoms with E-state index < -0.39 is 0 Å². The molecule has 0 bridgehead atoms. The first-order valence-corrected chi connectivity index (χ1v) is 47.5. The molecule has 2 aliphatic heterocycles. The summed E-state index contributed by atoms with van der Waals surface area (Å²) in [7, 11) is 0. The van der Waals surface area contributed by atoms with Crippen molar-refractivity contribution in [3.63, 3.8) is 0 Å². The molecule has 0 saturated heterocycles. The van der Waals surface area contributed by atoms with Gasteiger partial charge in [0.15, 0.2) is 0 Å². The molecule has 0 aromatic heterocycles. The maximum atomic E-state index is 11.5. The van der Waals surface area contributed by atoms with Crippen LogP contribution < -0.4 is 0 Å². The van der Waals surface area contributed by atoms with Crippen LogP contribution in [0.1, 0.15) is 416 Å². The fraction of sp³-hybridized carbons (Fsp3) is 0.677. The Hall–Kier alpha value is -4.05. The molecular weight excluding hydrogens is 1390 g/mol. The summed E-state index contributed by atoms with van der Waals surface area (Å²) in [6, 6.07) is 34.6. The SMILES string of the molecule is CCCCCC1=C(c2cccc(C)c2)[N+](=[N-])C(c2cccc(C)c2)=C1CCCC.CCCCCCCCCCCCc1cccc(C2=CC=C(c3cccc(CCCCCCCCCCCC)c3)[N+]2=[N-])c1.CCCCCCCCCCC[CH2][Ni][CH2]CCCCCCCCCCC.CC[N](CC)[Ni][N](CC)CC. The van der Waals surface area contributed by atoms with E-state index in [1.54, 1.807) is 14.9 Å². The van der Waals surface area contributed by atoms with Crippen molar-refractivity contribution < 1.29 is 38.7 Å². The van der Waals surface area contributed by atoms with E-state index >= 15 is 0 Å². The van der Waals surface area contributed by atoms with Gasteiger partial charge in [0.1, 0.15) is 0 Å². The topological polar surface area (TPSA) is 57.1 Å². The molecule has 6 rings (SSSR count). The fourth-order valence-electron chi connectivity index (χ4n) is 14.7. The fourth-order valence-corrected chi connectivity index (χ4v) is 16.9. The van der Waals surface area contributed by atoms with E-state index in [1.165, 1.54) is 323 Å². The zero-order valence-electron chi connectivity index (χ0n) is 71.6. The van der Waals surface area contributed by atoms with Crippen molar-refractivity contribution >= 4 is 22.8 Å². The third-order valence-electron chi connectivity index (χ3n) is 21.3. The van der Waals surface area contributed by atoms with Gasteiger partial charge in [0, 0.05) is 45.6 Å². The van der Waals surface area contributed by atoms with Gasteiger partial charge < -0.3 is 11.1 Å². The summed E-state index contributed by atoms with van der Waals surface area (Å²) in [4.78, 5) is 0. The molecule has 0 aliphatic carbocycles. The number of hydrogen-bond donors (Lipinski definition) is 0. The van der Waals surface area contributed by atoms with E-state index in [4.69, 9.17) is 0 Å². The first kappa shape index (κ1) is 97.1. The molecule has 4 aromatic rings. The summed E-state index contributed by atoms with van der Waals surface area (Å²) in [6.07, 6.45) is 70.8. The first-order chi connectivity index (χ1) is 52.5. The summed E-state index contributed by atoms with van der Waals surface area (Å²) in [5.74, 6) is 0. The summed E-state index contributed by atoms with van der Waals surface area (Å²) in [5.41, 5.74) is 38.5. The molecule has 0 atom stereocenters. The monoisotopic (exact) mass is 1550 g/mol. The van der Waals surface area contributed by atoms with Crippen molar-refractivity contribution in [1.29, 1.82) is 0 Å². The van der Waals surface area contributed by atoms with Gasteiger partial charge in [-0.05, 0) is 125 Å². The van der Waals surface area contributed by atoms with Crippen LogP contribution in [0.15, 0.2) is 120 Å². The van der Waals surface area contributed by atoms with Gasteiger partial charge in [-0.1, -0.05) is 222 Å². The molecule has 0 spiro atoms. The summed E-state index contributed by atoms with van der Waals surface area (Å²) >= 11 is 3.70. The number of rotatable bonds is 61. The van der Waals surface area contributed by atoms with Crippen molar-refractivity contribution in [2.24, 2.45) is 0 Å². The molecule has 0 unspecified atom stereocenters. The molecule has 610 valence electrons. The molecular formula is C99H164N6Ni2. The predicted octanol–water partition coefficient (Wildman–Crippen LogP) is 32.6. The van der Waals surface area contributed by atoms with Crippen LogP contribution in [0.5, 0.6) is 0 Å². The minimum atomic E-state index is 0.870. The Bertz CT molecular complexity index is 2880. The van der Waals surface area contributed by atoms with Crippen LogP contribution in [-0.2, 0) is 42.1 Å². The summed E-state index contributed by atoms with van der Waals surface area (Å²) < 4.78 is 7.62. The zero-order chi connectivity index (χ0) is 77.4. The van der Waals surface area contributed by atoms with Crippen LogP contribution in [0.3, 0.4) is 0 Å². The predicted molar refractivity (Wildman–Crippen MR) is 466 cm³/mol. The minimum absolute atomic E-state index is 0.870. The van der Waals surface area contributed by atoms with E-state index in [0.717, 1.165) is 116 Å². The van der Waals surface area contributed by atoms with Crippen molar-refractivity contribution in [1.82, 2.24) is 7.96 Å². The molecule has 2 heterocycles. The average molecular weight is 1560 g/mol. The van der Waals surface area contributed by atoms with E-state index in [9.17, 15) is 11.1 Å². The van der Waals surface area contributed by atoms with Crippen LogP contribution in [0.4, 0.5) is 0 Å². The number of unbranched alkanes of at least 4 members (excludes halogenated alkanes) is 39. The van der Waals surface area contributed by atoms with Crippen molar-refractivity contribution in [2.75, 3.05) is 26.2 Å². The van der Waals surface area contributed by atoms with Crippen molar-refractivity contribution in [2.45, 2.75) is 408 Å². The van der Waals surface area contributed by atoms with Crippen LogP contribution in [0.2, 0.25) is 10.8 Å². The molecule has 0 radical (unpaired) electrons. The Morgan fingerprint density at radius 1 is 0.280 bits per heavy atom. The van der Waals surface area contributed by atoms with Gasteiger partial charge in [-0.15, -0.1) is 0 Å². The van der Waals surface area contributed by atoms with E-state index in [-0.39, 0.29) is 0 Å². The van der Waals surface area contributed by atoms with Gasteiger partial charge in [-0.3, -0.25) is 0 Å². The van der Waals surface area contributed by atoms with Gasteiger partial charge in [-0.25, -0.2) is 9.39 Å². The Morgan fingerprint density at radius 2 is 0.551 bits per heavy atom. The van der Waals surface area contributed by atoms with Crippen LogP contribution >= 0.6 is 0 Å². The molecule has 2 aliphatic rings. The molecule has 0 amide bonds. The quantitative estimate of drug-likeness (QED) is 0.0251. The number of aryl methyl sites for hydroxylation is 4. The molecule has 0 fully saturated rings. The molecule has 0 N–H and O–H groups in total. The zero-order valence-corrected chi connectivity index (χ0v) is 73.6. The Balaban J connectivity index is 0.000000401. The Kier molecular flexibility index (Phi) is 60.4. The van der Waals surface area contributed by atoms with Gasteiger partial charge in [0.05, 0.1) is 0 Å². The number of allylic oxidation sites excluding steroid dienone is 4. The normalized spacial score (nSPS) is 12.9. The number of hydrogen-bond acceptors (Lipinski definition) is 2. The van der Waals surface area contributed by atoms with Gasteiger partial charge >= 0.3 is 244 Å². The molecule has 0 saturated carbocycles. The summed E-state index contributed by atoms with van der Waals surface area (Å²) in [5, 5.41) is 2.86. The van der Waals surface area contributed by atoms with Crippen LogP contribution in [-0.4, -0.2) is 43.5 Å². The third-order valence-corrected chi connectivity index (χ3v) is 24.5. The first-order valence-electron chi connectivity index (χ1n) is 45.2. The van der Waals surface area contributed by atoms with E-state index in [2.05, 4.69) is 200 Å². The number of benzene rings is 4. The van der Waals surface area contributed by atoms with Gasteiger partial charge in [-0.2, -0.15) is 0 Å². The van der Waals surface area contributed by atoms with Crippen molar-refractivity contribution in [3.05, 3.63) is 176 Å². The molecule has 4 aromatic carbocycles. The van der Waals surface area contributed by atoms with Gasteiger partial charge in [0.25, 0.3) is 0 Å². The Labute approximate surface area is 675 Å². The molecule has 107 heavy (non-hydrogen) atoms. The second-order valence-corrected chi connectivity index (χ2v) is 33.9. The maximum absolute atomic E-state index is 11.5. The van der Waals surface area contributed by atoms with Crippen LogP contribution in [0, 0.1) is 13.8 Å². The third kappa shape index (κ3) is 44.1.